The van der Waals surface area contributed by atoms with E-state index in [1.807, 2.05) is 0 Å². The molecule has 11 heteroatoms. The summed E-state index contributed by atoms with van der Waals surface area (Å²) in [5.41, 5.74) is 5.83. The number of ether oxygens (including phenoxy) is 1. The molecule has 6 nitrogen and oxygen atoms in total. The summed E-state index contributed by atoms with van der Waals surface area (Å²) in [6, 6.07) is 10.8. The highest BCUT2D eigenvalue weighted by molar-refractivity contribution is 9.10. The Labute approximate surface area is 189 Å². The van der Waals surface area contributed by atoms with Crippen LogP contribution in [-0.4, -0.2) is 22.8 Å². The lowest BCUT2D eigenvalue weighted by Crippen LogP contribution is -2.12. The number of nitrogen functional groups attached to an aromatic ring is 1. The van der Waals surface area contributed by atoms with Crippen LogP contribution < -0.4 is 10.5 Å². The lowest BCUT2D eigenvalue weighted by molar-refractivity contribution is -0.137. The highest BCUT2D eigenvalue weighted by Gasteiger charge is 2.32. The molecule has 3 aromatic rings. The molecule has 0 spiro atoms. The largest absolute Gasteiger partial charge is 0.496 e. The van der Waals surface area contributed by atoms with Crippen LogP contribution in [0.3, 0.4) is 0 Å². The van der Waals surface area contributed by atoms with Gasteiger partial charge in [0.15, 0.2) is 6.61 Å². The maximum Gasteiger partial charge on any atom is 0.417 e. The van der Waals surface area contributed by atoms with E-state index in [1.54, 1.807) is 36.4 Å². The molecule has 31 heavy (non-hydrogen) atoms. The van der Waals surface area contributed by atoms with Crippen molar-refractivity contribution in [2.75, 3.05) is 12.8 Å². The first-order valence-corrected chi connectivity index (χ1v) is 9.84. The van der Waals surface area contributed by atoms with Crippen LogP contribution in [0, 0.1) is 0 Å². The molecule has 1 aromatic carbocycles. The molecule has 0 aliphatic carbocycles. The van der Waals surface area contributed by atoms with E-state index in [2.05, 4.69) is 31.1 Å². The van der Waals surface area contributed by atoms with Gasteiger partial charge in [-0.15, -0.1) is 0 Å². The van der Waals surface area contributed by atoms with Gasteiger partial charge in [-0.1, -0.05) is 22.8 Å². The third-order valence-corrected chi connectivity index (χ3v) is 4.92. The number of oxime groups is 1. The highest BCUT2D eigenvalue weighted by atomic mass is 79.9. The first-order valence-electron chi connectivity index (χ1n) is 8.67. The van der Waals surface area contributed by atoms with Crippen LogP contribution in [0.15, 0.2) is 58.3 Å². The summed E-state index contributed by atoms with van der Waals surface area (Å²) in [4.78, 5) is 13.4. The molecule has 0 aliphatic rings. The molecule has 162 valence electrons. The monoisotopic (exact) mass is 514 g/mol. The Morgan fingerprint density at radius 3 is 2.61 bits per heavy atom. The van der Waals surface area contributed by atoms with Gasteiger partial charge in [0.25, 0.3) is 0 Å². The topological polar surface area (TPSA) is 82.6 Å². The summed E-state index contributed by atoms with van der Waals surface area (Å²) in [7, 11) is 1.50. The molecule has 0 atom stereocenters. The summed E-state index contributed by atoms with van der Waals surface area (Å²) >= 11 is 9.50. The van der Waals surface area contributed by atoms with Crippen LogP contribution >= 0.6 is 27.5 Å². The smallest absolute Gasteiger partial charge is 0.417 e. The van der Waals surface area contributed by atoms with Crippen LogP contribution in [0.1, 0.15) is 22.5 Å². The Balaban J connectivity index is 2.01. The van der Waals surface area contributed by atoms with Crippen molar-refractivity contribution in [1.82, 2.24) is 9.97 Å². The van der Waals surface area contributed by atoms with Crippen molar-refractivity contribution in [3.8, 4) is 5.75 Å². The minimum atomic E-state index is -4.58. The Morgan fingerprint density at radius 1 is 1.23 bits per heavy atom. The van der Waals surface area contributed by atoms with E-state index < -0.39 is 11.7 Å². The number of benzene rings is 1. The van der Waals surface area contributed by atoms with E-state index >= 15 is 0 Å². The third-order valence-electron chi connectivity index (χ3n) is 4.01. The van der Waals surface area contributed by atoms with Crippen LogP contribution in [0.25, 0.3) is 0 Å². The zero-order valence-electron chi connectivity index (χ0n) is 16.0. The summed E-state index contributed by atoms with van der Waals surface area (Å²) < 4.78 is 44.8. The number of nitrogens with two attached hydrogens (primary N) is 1. The van der Waals surface area contributed by atoms with Gasteiger partial charge in [-0.05, 0) is 52.3 Å². The number of alkyl halides is 3. The molecule has 2 aromatic heterocycles. The average molecular weight is 516 g/mol. The molecule has 0 saturated heterocycles. The normalized spacial score (nSPS) is 12.0. The van der Waals surface area contributed by atoms with Gasteiger partial charge in [-0.3, -0.25) is 4.98 Å². The van der Waals surface area contributed by atoms with Gasteiger partial charge < -0.3 is 15.3 Å². The SMILES string of the molecule is COc1ccc(/C(=N\OCc2cccc(N)n2)c2ncc(C(F)(F)F)cc2Cl)cc1Br. The maximum absolute atomic E-state index is 13.0. The number of hydrogen-bond donors (Lipinski definition) is 1. The lowest BCUT2D eigenvalue weighted by atomic mass is 10.1. The predicted octanol–water partition coefficient (Wildman–Crippen LogP) is 5.47. The molecule has 3 rings (SSSR count). The molecular weight excluding hydrogens is 501 g/mol. The number of aromatic nitrogens is 2. The van der Waals surface area contributed by atoms with Crippen LogP contribution in [0.5, 0.6) is 5.75 Å². The minimum absolute atomic E-state index is 0.0206. The van der Waals surface area contributed by atoms with Gasteiger partial charge in [-0.2, -0.15) is 13.2 Å². The van der Waals surface area contributed by atoms with Gasteiger partial charge >= 0.3 is 6.18 Å². The molecule has 2 heterocycles. The number of pyridine rings is 2. The van der Waals surface area contributed by atoms with E-state index in [0.717, 1.165) is 6.07 Å². The lowest BCUT2D eigenvalue weighted by Gasteiger charge is -2.12. The van der Waals surface area contributed by atoms with E-state index in [4.69, 9.17) is 26.9 Å². The number of hydrogen-bond acceptors (Lipinski definition) is 6. The van der Waals surface area contributed by atoms with Crippen LogP contribution in [0.4, 0.5) is 19.0 Å². The number of halogens is 5. The minimum Gasteiger partial charge on any atom is -0.496 e. The maximum atomic E-state index is 13.0. The Morgan fingerprint density at radius 2 is 2.00 bits per heavy atom. The third kappa shape index (κ3) is 5.65. The van der Waals surface area contributed by atoms with Gasteiger partial charge in [-0.25, -0.2) is 4.98 Å². The number of nitrogens with zero attached hydrogens (tertiary/aromatic N) is 3. The molecule has 0 radical (unpaired) electrons. The fourth-order valence-corrected chi connectivity index (χ4v) is 3.35. The number of methoxy groups -OCH3 is 1. The predicted molar refractivity (Wildman–Crippen MR) is 114 cm³/mol. The van der Waals surface area contributed by atoms with E-state index in [9.17, 15) is 13.2 Å². The Hall–Kier alpha value is -2.85. The second-order valence-corrected chi connectivity index (χ2v) is 7.43. The quantitative estimate of drug-likeness (QED) is 0.348. The first-order chi connectivity index (χ1) is 14.7. The first kappa shape index (κ1) is 22.8. The van der Waals surface area contributed by atoms with Gasteiger partial charge in [0.05, 0.1) is 27.9 Å². The average Bonchev–Trinajstić information content (AvgIpc) is 2.71. The number of anilines is 1. The molecule has 0 amide bonds. The van der Waals surface area contributed by atoms with Crippen LogP contribution in [-0.2, 0) is 17.6 Å². The van der Waals surface area contributed by atoms with E-state index in [-0.39, 0.29) is 23.0 Å². The molecule has 0 bridgehead atoms. The van der Waals surface area contributed by atoms with Crippen molar-refractivity contribution in [2.24, 2.45) is 5.16 Å². The summed E-state index contributed by atoms with van der Waals surface area (Å²) in [5, 5.41) is 3.85. The van der Waals surface area contributed by atoms with Crippen molar-refractivity contribution >= 4 is 39.1 Å². The molecule has 0 unspecified atom stereocenters. The fraction of sp³-hybridized carbons (Fsp3) is 0.150. The zero-order valence-corrected chi connectivity index (χ0v) is 18.3. The van der Waals surface area contributed by atoms with Crippen LogP contribution in [0.2, 0.25) is 5.02 Å². The second kappa shape index (κ2) is 9.52. The van der Waals surface area contributed by atoms with Gasteiger partial charge in [0, 0.05) is 11.8 Å². The van der Waals surface area contributed by atoms with E-state index in [1.165, 1.54) is 7.11 Å². The molecule has 0 saturated carbocycles. The Kier molecular flexibility index (Phi) is 7.01. The highest BCUT2D eigenvalue weighted by Crippen LogP contribution is 2.32. The van der Waals surface area contributed by atoms with E-state index in [0.29, 0.717) is 33.5 Å². The zero-order chi connectivity index (χ0) is 22.6. The summed E-state index contributed by atoms with van der Waals surface area (Å²) in [6.45, 7) is -0.0237. The summed E-state index contributed by atoms with van der Waals surface area (Å²) in [6.07, 6.45) is -3.89. The summed E-state index contributed by atoms with van der Waals surface area (Å²) in [5.74, 6) is 0.872. The van der Waals surface area contributed by atoms with Gasteiger partial charge in [0.1, 0.15) is 23.0 Å². The molecule has 0 fully saturated rings. The Bertz CT molecular complexity index is 1130. The van der Waals surface area contributed by atoms with Crippen molar-refractivity contribution in [1.29, 1.82) is 0 Å². The van der Waals surface area contributed by atoms with Crippen molar-refractivity contribution in [3.63, 3.8) is 0 Å². The molecular formula is C20H15BrClF3N4O2. The van der Waals surface area contributed by atoms with Crippen molar-refractivity contribution in [2.45, 2.75) is 12.8 Å². The standard InChI is InChI=1S/C20H15BrClF3N4O2/c1-30-16-6-5-11(7-14(16)21)18(29-31-10-13-3-2-4-17(26)28-13)19-15(22)8-12(9-27-19)20(23,24)25/h2-9H,10H2,1H3,(H2,26,28)/b29-18+. The fourth-order valence-electron chi connectivity index (χ4n) is 2.56. The molecule has 2 N–H and O–H groups in total. The molecule has 0 aliphatic heterocycles. The second-order valence-electron chi connectivity index (χ2n) is 6.17. The number of rotatable bonds is 6. The van der Waals surface area contributed by atoms with Crippen molar-refractivity contribution < 1.29 is 22.7 Å². The van der Waals surface area contributed by atoms with Gasteiger partial charge in [0.2, 0.25) is 0 Å². The van der Waals surface area contributed by atoms with Crippen molar-refractivity contribution in [3.05, 3.63) is 80.7 Å².